The van der Waals surface area contributed by atoms with E-state index < -0.39 is 40.6 Å². The predicted octanol–water partition coefficient (Wildman–Crippen LogP) is 2.19. The number of aliphatic hydroxyl groups excluding tert-OH is 1. The van der Waals surface area contributed by atoms with Crippen LogP contribution in [0.1, 0.15) is 59.3 Å². The Bertz CT molecular complexity index is 493. The first-order chi connectivity index (χ1) is 11.0. The molecule has 142 valence electrons. The molecular formula is C16H31NO6S. The molecule has 1 amide bonds. The van der Waals surface area contributed by atoms with Gasteiger partial charge in [0.1, 0.15) is 11.7 Å². The maximum atomic E-state index is 12.1. The van der Waals surface area contributed by atoms with Crippen molar-refractivity contribution in [1.82, 2.24) is 5.32 Å². The predicted molar refractivity (Wildman–Crippen MR) is 91.2 cm³/mol. The lowest BCUT2D eigenvalue weighted by atomic mass is 9.84. The minimum atomic E-state index is -3.74. The molecule has 2 atom stereocenters. The summed E-state index contributed by atoms with van der Waals surface area (Å²) in [5, 5.41) is 12.2. The highest BCUT2D eigenvalue weighted by Gasteiger charge is 2.31. The van der Waals surface area contributed by atoms with Crippen molar-refractivity contribution in [2.75, 3.05) is 12.9 Å². The zero-order valence-corrected chi connectivity index (χ0v) is 15.9. The first-order valence-electron chi connectivity index (χ1n) is 8.49. The maximum Gasteiger partial charge on any atom is 0.407 e. The van der Waals surface area contributed by atoms with E-state index in [0.29, 0.717) is 12.3 Å². The first kappa shape index (κ1) is 21.2. The lowest BCUT2D eigenvalue weighted by Gasteiger charge is -2.31. The summed E-state index contributed by atoms with van der Waals surface area (Å²) in [4.78, 5) is 12.1. The van der Waals surface area contributed by atoms with Gasteiger partial charge >= 0.3 is 6.09 Å². The summed E-state index contributed by atoms with van der Waals surface area (Å²) >= 11 is 0. The second-order valence-corrected chi connectivity index (χ2v) is 9.11. The Morgan fingerprint density at radius 2 is 1.83 bits per heavy atom. The quantitative estimate of drug-likeness (QED) is 0.671. The smallest absolute Gasteiger partial charge is 0.407 e. The number of alkyl carbamates (subject to hydrolysis) is 1. The average Bonchev–Trinajstić information content (AvgIpc) is 2.42. The molecule has 0 bridgehead atoms. The summed E-state index contributed by atoms with van der Waals surface area (Å²) in [5.41, 5.74) is -0.661. The van der Waals surface area contributed by atoms with Crippen molar-refractivity contribution in [3.05, 3.63) is 0 Å². The van der Waals surface area contributed by atoms with Crippen molar-refractivity contribution >= 4 is 16.2 Å². The van der Waals surface area contributed by atoms with Crippen LogP contribution in [-0.2, 0) is 19.0 Å². The van der Waals surface area contributed by atoms with Crippen LogP contribution < -0.4 is 5.32 Å². The topological polar surface area (TPSA) is 102 Å². The van der Waals surface area contributed by atoms with Crippen LogP contribution in [0.15, 0.2) is 0 Å². The highest BCUT2D eigenvalue weighted by Crippen LogP contribution is 2.28. The van der Waals surface area contributed by atoms with Gasteiger partial charge in [0.25, 0.3) is 10.1 Å². The van der Waals surface area contributed by atoms with Crippen molar-refractivity contribution in [2.24, 2.45) is 5.92 Å². The van der Waals surface area contributed by atoms with Crippen LogP contribution in [0.4, 0.5) is 4.79 Å². The van der Waals surface area contributed by atoms with E-state index in [1.807, 2.05) is 0 Å². The fourth-order valence-corrected chi connectivity index (χ4v) is 3.64. The molecule has 0 aromatic carbocycles. The summed E-state index contributed by atoms with van der Waals surface area (Å²) < 4.78 is 33.1. The fraction of sp³-hybridized carbons (Fsp3) is 0.938. The van der Waals surface area contributed by atoms with Crippen LogP contribution in [-0.4, -0.2) is 50.2 Å². The van der Waals surface area contributed by atoms with Crippen molar-refractivity contribution in [1.29, 1.82) is 0 Å². The van der Waals surface area contributed by atoms with Crippen LogP contribution in [0.3, 0.4) is 0 Å². The number of rotatable bonds is 7. The monoisotopic (exact) mass is 365 g/mol. The summed E-state index contributed by atoms with van der Waals surface area (Å²) in [7, 11) is -3.74. The summed E-state index contributed by atoms with van der Waals surface area (Å²) in [6.45, 7) is 4.75. The molecule has 1 rings (SSSR count). The van der Waals surface area contributed by atoms with E-state index in [4.69, 9.17) is 8.92 Å². The Morgan fingerprint density at radius 1 is 1.25 bits per heavy atom. The number of aliphatic hydroxyl groups is 1. The van der Waals surface area contributed by atoms with E-state index in [2.05, 4.69) is 5.32 Å². The van der Waals surface area contributed by atoms with Gasteiger partial charge in [-0.1, -0.05) is 32.1 Å². The van der Waals surface area contributed by atoms with Gasteiger partial charge in [0.15, 0.2) is 0 Å². The largest absolute Gasteiger partial charge is 0.444 e. The zero-order chi connectivity index (χ0) is 18.4. The van der Waals surface area contributed by atoms with Gasteiger partial charge in [0.2, 0.25) is 0 Å². The van der Waals surface area contributed by atoms with Gasteiger partial charge < -0.3 is 15.2 Å². The molecule has 24 heavy (non-hydrogen) atoms. The summed E-state index contributed by atoms with van der Waals surface area (Å²) in [6, 6.07) is -0.623. The van der Waals surface area contributed by atoms with Crippen molar-refractivity contribution in [2.45, 2.75) is 77.0 Å². The minimum Gasteiger partial charge on any atom is -0.444 e. The van der Waals surface area contributed by atoms with Gasteiger partial charge in [-0.15, -0.1) is 0 Å². The maximum absolute atomic E-state index is 12.1. The SMILES string of the molecule is CC(C)(C)OC(=O)N[C@@H](CC1CCCCC1)[C@H](CO)OS(C)(=O)=O. The van der Waals surface area contributed by atoms with Gasteiger partial charge in [0, 0.05) is 0 Å². The highest BCUT2D eigenvalue weighted by molar-refractivity contribution is 7.86. The van der Waals surface area contributed by atoms with Crippen molar-refractivity contribution in [3.8, 4) is 0 Å². The number of carbonyl (C=O) groups excluding carboxylic acids is 1. The minimum absolute atomic E-state index is 0.371. The molecule has 0 radical (unpaired) electrons. The van der Waals surface area contributed by atoms with Crippen LogP contribution in [0.25, 0.3) is 0 Å². The van der Waals surface area contributed by atoms with Crippen LogP contribution in [0, 0.1) is 5.92 Å². The van der Waals surface area contributed by atoms with Gasteiger partial charge in [-0.3, -0.25) is 4.18 Å². The highest BCUT2D eigenvalue weighted by atomic mass is 32.2. The average molecular weight is 365 g/mol. The fourth-order valence-electron chi connectivity index (χ4n) is 2.99. The molecule has 1 aliphatic carbocycles. The second-order valence-electron chi connectivity index (χ2n) is 7.51. The number of nitrogens with one attached hydrogen (secondary N) is 1. The van der Waals surface area contributed by atoms with E-state index >= 15 is 0 Å². The lowest BCUT2D eigenvalue weighted by Crippen LogP contribution is -2.49. The standard InChI is InChI=1S/C16H31NO6S/c1-16(2,3)22-15(19)17-13(10-12-8-6-5-7-9-12)14(11-18)23-24(4,20)21/h12-14,18H,5-11H2,1-4H3,(H,17,19)/t13-,14-/m0/s1. The number of hydrogen-bond acceptors (Lipinski definition) is 6. The summed E-state index contributed by atoms with van der Waals surface area (Å²) in [5.74, 6) is 0.371. The van der Waals surface area contributed by atoms with Crippen LogP contribution >= 0.6 is 0 Å². The molecule has 8 heteroatoms. The molecule has 0 heterocycles. The van der Waals surface area contributed by atoms with Gasteiger partial charge in [-0.2, -0.15) is 8.42 Å². The molecule has 0 unspecified atom stereocenters. The van der Waals surface area contributed by atoms with Crippen LogP contribution in [0.5, 0.6) is 0 Å². The Hall–Kier alpha value is -0.860. The molecule has 1 fully saturated rings. The molecular weight excluding hydrogens is 334 g/mol. The molecule has 0 saturated heterocycles. The molecule has 7 nitrogen and oxygen atoms in total. The number of hydrogen-bond donors (Lipinski definition) is 2. The Morgan fingerprint density at radius 3 is 2.29 bits per heavy atom. The number of carbonyl (C=O) groups is 1. The third kappa shape index (κ3) is 8.84. The van der Waals surface area contributed by atoms with Crippen molar-refractivity contribution < 1.29 is 27.2 Å². The molecule has 0 spiro atoms. The van der Waals surface area contributed by atoms with Gasteiger partial charge in [0.05, 0.1) is 18.9 Å². The normalized spacial score (nSPS) is 19.5. The third-order valence-corrected chi connectivity index (χ3v) is 4.54. The van der Waals surface area contributed by atoms with E-state index in [1.165, 1.54) is 6.42 Å². The Kier molecular flexibility index (Phi) is 7.95. The molecule has 0 aromatic heterocycles. The molecule has 0 aromatic rings. The number of amides is 1. The Balaban J connectivity index is 2.81. The second kappa shape index (κ2) is 9.01. The lowest BCUT2D eigenvalue weighted by molar-refractivity contribution is 0.0351. The zero-order valence-electron chi connectivity index (χ0n) is 15.1. The molecule has 1 saturated carbocycles. The molecule has 0 aliphatic heterocycles. The molecule has 1 aliphatic rings. The van der Waals surface area contributed by atoms with E-state index in [0.717, 1.165) is 31.9 Å². The number of ether oxygens (including phenoxy) is 1. The van der Waals surface area contributed by atoms with Crippen molar-refractivity contribution in [3.63, 3.8) is 0 Å². The Labute approximate surface area is 145 Å². The van der Waals surface area contributed by atoms with Gasteiger partial charge in [-0.05, 0) is 33.1 Å². The van der Waals surface area contributed by atoms with Crippen LogP contribution in [0.2, 0.25) is 0 Å². The van der Waals surface area contributed by atoms with E-state index in [-0.39, 0.29) is 0 Å². The summed E-state index contributed by atoms with van der Waals surface area (Å²) in [6.07, 6.45) is 5.34. The van der Waals surface area contributed by atoms with Gasteiger partial charge in [-0.25, -0.2) is 4.79 Å². The molecule has 2 N–H and O–H groups in total. The third-order valence-electron chi connectivity index (χ3n) is 3.94. The first-order valence-corrected chi connectivity index (χ1v) is 10.3. The van der Waals surface area contributed by atoms with E-state index in [9.17, 15) is 18.3 Å². The van der Waals surface area contributed by atoms with E-state index in [1.54, 1.807) is 20.8 Å².